The maximum Gasteiger partial charge on any atom is 0.435 e. The summed E-state index contributed by atoms with van der Waals surface area (Å²) in [6, 6.07) is 13.3. The zero-order valence-electron chi connectivity index (χ0n) is 12.2. The van der Waals surface area contributed by atoms with Gasteiger partial charge >= 0.3 is 6.18 Å². The molecule has 7 heteroatoms. The monoisotopic (exact) mass is 353 g/mol. The summed E-state index contributed by atoms with van der Waals surface area (Å²) in [6.45, 7) is 0. The van der Waals surface area contributed by atoms with E-state index in [2.05, 4.69) is 5.16 Å². The van der Waals surface area contributed by atoms with Crippen LogP contribution in [0.15, 0.2) is 59.8 Å². The minimum atomic E-state index is -4.63. The van der Waals surface area contributed by atoms with Crippen LogP contribution in [-0.2, 0) is 10.4 Å². The van der Waals surface area contributed by atoms with Crippen LogP contribution in [0.5, 0.6) is 0 Å². The molecule has 2 aromatic carbocycles. The number of alkyl halides is 3. The molecular weight excluding hydrogens is 343 g/mol. The van der Waals surface area contributed by atoms with Gasteiger partial charge in [0.2, 0.25) is 0 Å². The van der Waals surface area contributed by atoms with E-state index in [1.165, 1.54) is 48.5 Å². The molecule has 1 heterocycles. The molecule has 24 heavy (non-hydrogen) atoms. The summed E-state index contributed by atoms with van der Waals surface area (Å²) in [5, 5.41) is 3.02. The van der Waals surface area contributed by atoms with E-state index in [9.17, 15) is 18.0 Å². The van der Waals surface area contributed by atoms with Crippen molar-refractivity contribution in [1.29, 1.82) is 0 Å². The molecule has 1 atom stereocenters. The number of hydrogen-bond acceptors (Lipinski definition) is 3. The topological polar surface area (TPSA) is 38.7 Å². The van der Waals surface area contributed by atoms with Crippen LogP contribution >= 0.6 is 11.6 Å². The molecule has 0 bridgehead atoms. The zero-order chi connectivity index (χ0) is 17.4. The average Bonchev–Trinajstić information content (AvgIpc) is 3.02. The summed E-state index contributed by atoms with van der Waals surface area (Å²) < 4.78 is 41.1. The Hall–Kier alpha value is -2.34. The lowest BCUT2D eigenvalue weighted by Crippen LogP contribution is -2.42. The Balaban J connectivity index is 1.94. The standard InChI is InChI=1S/C17H11ClF3NO2/c18-15(23)12-8-6-11(7-9-12)14-10-16(24-22-14,17(19,20)21)13-4-2-1-3-5-13/h1-9H,10H2. The van der Waals surface area contributed by atoms with Gasteiger partial charge < -0.3 is 4.84 Å². The molecule has 0 N–H and O–H groups in total. The Morgan fingerprint density at radius 1 is 1.08 bits per heavy atom. The van der Waals surface area contributed by atoms with Crippen molar-refractivity contribution in [3.05, 3.63) is 71.3 Å². The van der Waals surface area contributed by atoms with Crippen LogP contribution in [0, 0.1) is 0 Å². The maximum atomic E-state index is 13.7. The summed E-state index contributed by atoms with van der Waals surface area (Å²) in [6.07, 6.45) is -5.08. The van der Waals surface area contributed by atoms with Crippen LogP contribution in [0.4, 0.5) is 13.2 Å². The van der Waals surface area contributed by atoms with Crippen molar-refractivity contribution in [2.75, 3.05) is 0 Å². The van der Waals surface area contributed by atoms with E-state index >= 15 is 0 Å². The Morgan fingerprint density at radius 3 is 2.25 bits per heavy atom. The smallest absolute Gasteiger partial charge is 0.374 e. The second kappa shape index (κ2) is 5.94. The Morgan fingerprint density at radius 2 is 1.71 bits per heavy atom. The molecule has 0 saturated heterocycles. The molecule has 3 rings (SSSR count). The van der Waals surface area contributed by atoms with Crippen molar-refractivity contribution >= 4 is 22.6 Å². The third-order valence-electron chi connectivity index (χ3n) is 3.87. The van der Waals surface area contributed by atoms with Crippen molar-refractivity contribution < 1.29 is 22.8 Å². The van der Waals surface area contributed by atoms with E-state index in [1.807, 2.05) is 0 Å². The molecule has 0 radical (unpaired) electrons. The van der Waals surface area contributed by atoms with E-state index < -0.39 is 23.4 Å². The van der Waals surface area contributed by atoms with E-state index in [1.54, 1.807) is 6.07 Å². The van der Waals surface area contributed by atoms with Gasteiger partial charge in [0.05, 0.1) is 5.71 Å². The van der Waals surface area contributed by atoms with Gasteiger partial charge in [0, 0.05) is 17.5 Å². The number of benzene rings is 2. The molecule has 0 aromatic heterocycles. The lowest BCUT2D eigenvalue weighted by molar-refractivity contribution is -0.275. The molecule has 0 saturated carbocycles. The fourth-order valence-corrected chi connectivity index (χ4v) is 2.69. The molecule has 1 unspecified atom stereocenters. The van der Waals surface area contributed by atoms with Gasteiger partial charge in [-0.2, -0.15) is 13.2 Å². The van der Waals surface area contributed by atoms with Crippen LogP contribution in [0.1, 0.15) is 27.9 Å². The predicted octanol–water partition coefficient (Wildman–Crippen LogP) is 4.65. The van der Waals surface area contributed by atoms with Crippen molar-refractivity contribution in [2.24, 2.45) is 5.16 Å². The third-order valence-corrected chi connectivity index (χ3v) is 4.09. The Bertz CT molecular complexity index is 788. The van der Waals surface area contributed by atoms with Gasteiger partial charge in [0.15, 0.2) is 0 Å². The molecule has 1 aliphatic heterocycles. The van der Waals surface area contributed by atoms with E-state index in [4.69, 9.17) is 16.4 Å². The first-order valence-electron chi connectivity index (χ1n) is 7.01. The lowest BCUT2D eigenvalue weighted by Gasteiger charge is -2.29. The van der Waals surface area contributed by atoms with E-state index in [0.717, 1.165) is 0 Å². The van der Waals surface area contributed by atoms with Crippen LogP contribution in [0.3, 0.4) is 0 Å². The number of carbonyl (C=O) groups is 1. The fourth-order valence-electron chi connectivity index (χ4n) is 2.56. The van der Waals surface area contributed by atoms with Crippen molar-refractivity contribution in [3.63, 3.8) is 0 Å². The van der Waals surface area contributed by atoms with Crippen molar-refractivity contribution in [3.8, 4) is 0 Å². The second-order valence-corrected chi connectivity index (χ2v) is 5.69. The molecule has 0 amide bonds. The molecule has 0 fully saturated rings. The van der Waals surface area contributed by atoms with Gasteiger partial charge in [-0.1, -0.05) is 47.6 Å². The van der Waals surface area contributed by atoms with Crippen molar-refractivity contribution in [2.45, 2.75) is 18.2 Å². The summed E-state index contributed by atoms with van der Waals surface area (Å²) in [4.78, 5) is 16.0. The second-order valence-electron chi connectivity index (χ2n) is 5.35. The summed E-state index contributed by atoms with van der Waals surface area (Å²) in [7, 11) is 0. The van der Waals surface area contributed by atoms with Crippen LogP contribution in [-0.4, -0.2) is 17.1 Å². The van der Waals surface area contributed by atoms with Gasteiger partial charge in [-0.05, 0) is 29.3 Å². The first-order chi connectivity index (χ1) is 11.3. The van der Waals surface area contributed by atoms with Gasteiger partial charge in [-0.25, -0.2) is 0 Å². The Kier molecular flexibility index (Phi) is 4.09. The molecule has 3 nitrogen and oxygen atoms in total. The SMILES string of the molecule is O=C(Cl)c1ccc(C2=NOC(c3ccccc3)(C(F)(F)F)C2)cc1. The number of halogens is 4. The normalized spacial score (nSPS) is 20.4. The molecule has 1 aliphatic rings. The summed E-state index contributed by atoms with van der Waals surface area (Å²) >= 11 is 5.36. The minimum Gasteiger partial charge on any atom is -0.374 e. The molecule has 0 spiro atoms. The van der Waals surface area contributed by atoms with Crippen LogP contribution in [0.2, 0.25) is 0 Å². The highest BCUT2D eigenvalue weighted by atomic mass is 35.5. The summed E-state index contributed by atoms with van der Waals surface area (Å²) in [5.41, 5.74) is -1.66. The lowest BCUT2D eigenvalue weighted by atomic mass is 9.86. The summed E-state index contributed by atoms with van der Waals surface area (Å²) in [5.74, 6) is 0. The zero-order valence-corrected chi connectivity index (χ0v) is 12.9. The highest BCUT2D eigenvalue weighted by Gasteiger charge is 2.62. The number of nitrogens with zero attached hydrogens (tertiary/aromatic N) is 1. The predicted molar refractivity (Wildman–Crippen MR) is 83.0 cm³/mol. The largest absolute Gasteiger partial charge is 0.435 e. The first kappa shape index (κ1) is 16.5. The van der Waals surface area contributed by atoms with Gasteiger partial charge in [0.25, 0.3) is 10.8 Å². The minimum absolute atomic E-state index is 0.0104. The Labute approximate surface area is 140 Å². The average molecular weight is 354 g/mol. The number of oxime groups is 1. The maximum absolute atomic E-state index is 13.7. The molecule has 0 aliphatic carbocycles. The first-order valence-corrected chi connectivity index (χ1v) is 7.39. The quantitative estimate of drug-likeness (QED) is 0.753. The number of hydrogen-bond donors (Lipinski definition) is 0. The molecule has 2 aromatic rings. The molecule has 124 valence electrons. The fraction of sp³-hybridized carbons (Fsp3) is 0.176. The van der Waals surface area contributed by atoms with Gasteiger partial charge in [0.1, 0.15) is 0 Å². The van der Waals surface area contributed by atoms with Crippen LogP contribution < -0.4 is 0 Å². The number of rotatable bonds is 3. The highest BCUT2D eigenvalue weighted by molar-refractivity contribution is 6.67. The van der Waals surface area contributed by atoms with Crippen LogP contribution in [0.25, 0.3) is 0 Å². The highest BCUT2D eigenvalue weighted by Crippen LogP contribution is 2.48. The van der Waals surface area contributed by atoms with Crippen molar-refractivity contribution in [1.82, 2.24) is 0 Å². The van der Waals surface area contributed by atoms with Gasteiger partial charge in [-0.15, -0.1) is 0 Å². The van der Waals surface area contributed by atoms with E-state index in [0.29, 0.717) is 5.56 Å². The molecular formula is C17H11ClF3NO2. The number of carbonyl (C=O) groups excluding carboxylic acids is 1. The van der Waals surface area contributed by atoms with Gasteiger partial charge in [-0.3, -0.25) is 4.79 Å². The van der Waals surface area contributed by atoms with E-state index in [-0.39, 0.29) is 16.8 Å². The third kappa shape index (κ3) is 2.78.